The molecule has 0 aliphatic carbocycles. The number of hydrogen-bond donors (Lipinski definition) is 1. The quantitative estimate of drug-likeness (QED) is 0.930. The molecule has 0 fully saturated rings. The van der Waals surface area contributed by atoms with Crippen LogP contribution in [0.5, 0.6) is 0 Å². The molecule has 7 heteroatoms. The van der Waals surface area contributed by atoms with Crippen LogP contribution in [0.2, 0.25) is 15.1 Å². The molecule has 0 radical (unpaired) electrons. The van der Waals surface area contributed by atoms with Crippen LogP contribution in [0.25, 0.3) is 0 Å². The van der Waals surface area contributed by atoms with Crippen LogP contribution in [0.1, 0.15) is 30.0 Å². The number of nitrogens with zero attached hydrogens (tertiary/aromatic N) is 3. The molecule has 2 N–H and O–H groups in total. The molecular formula is C13H15Cl3N4. The summed E-state index contributed by atoms with van der Waals surface area (Å²) in [6, 6.07) is 1.27. The zero-order valence-corrected chi connectivity index (χ0v) is 13.5. The van der Waals surface area contributed by atoms with Gasteiger partial charge in [0.05, 0.1) is 38.2 Å². The summed E-state index contributed by atoms with van der Waals surface area (Å²) in [5, 5.41) is 5.97. The Labute approximate surface area is 132 Å². The third kappa shape index (κ3) is 3.09. The van der Waals surface area contributed by atoms with Crippen molar-refractivity contribution in [2.75, 3.05) is 0 Å². The van der Waals surface area contributed by atoms with Gasteiger partial charge in [-0.1, -0.05) is 41.7 Å². The fourth-order valence-electron chi connectivity index (χ4n) is 2.04. The van der Waals surface area contributed by atoms with E-state index in [2.05, 4.69) is 10.1 Å². The SMILES string of the molecule is CCc1nn(C)c(CC(N)c2ncc(Cl)cc2Cl)c1Cl. The van der Waals surface area contributed by atoms with E-state index in [4.69, 9.17) is 40.5 Å². The Morgan fingerprint density at radius 1 is 1.35 bits per heavy atom. The number of nitrogens with two attached hydrogens (primary N) is 1. The molecule has 0 aliphatic rings. The third-order valence-corrected chi connectivity index (χ3v) is 4.05. The Hall–Kier alpha value is -0.810. The molecule has 0 saturated heterocycles. The molecule has 0 saturated carbocycles. The molecule has 2 aromatic rings. The zero-order chi connectivity index (χ0) is 14.9. The standard InChI is InChI=1S/C13H15Cl3N4/c1-3-10-12(16)11(20(2)19-10)5-9(17)13-8(15)4-7(14)6-18-13/h4,6,9H,3,5,17H2,1-2H3. The highest BCUT2D eigenvalue weighted by atomic mass is 35.5. The van der Waals surface area contributed by atoms with Crippen LogP contribution in [0.3, 0.4) is 0 Å². The van der Waals surface area contributed by atoms with Crippen LogP contribution in [-0.2, 0) is 19.9 Å². The van der Waals surface area contributed by atoms with Gasteiger partial charge in [-0.3, -0.25) is 9.67 Å². The maximum absolute atomic E-state index is 6.31. The number of halogens is 3. The molecule has 2 heterocycles. The van der Waals surface area contributed by atoms with E-state index in [1.807, 2.05) is 14.0 Å². The van der Waals surface area contributed by atoms with Gasteiger partial charge in [0.25, 0.3) is 0 Å². The summed E-state index contributed by atoms with van der Waals surface area (Å²) in [7, 11) is 1.85. The highest BCUT2D eigenvalue weighted by Crippen LogP contribution is 2.28. The van der Waals surface area contributed by atoms with Gasteiger partial charge in [-0.15, -0.1) is 0 Å². The van der Waals surface area contributed by atoms with Gasteiger partial charge in [-0.25, -0.2) is 0 Å². The summed E-state index contributed by atoms with van der Waals surface area (Å²) in [5.41, 5.74) is 8.53. The molecule has 2 rings (SSSR count). The first-order valence-electron chi connectivity index (χ1n) is 6.20. The van der Waals surface area contributed by atoms with Crippen LogP contribution in [-0.4, -0.2) is 14.8 Å². The number of hydrogen-bond acceptors (Lipinski definition) is 3. The Bertz CT molecular complexity index is 624. The van der Waals surface area contributed by atoms with Crippen molar-refractivity contribution in [1.82, 2.24) is 14.8 Å². The van der Waals surface area contributed by atoms with E-state index in [1.54, 1.807) is 10.7 Å². The maximum atomic E-state index is 6.31. The summed E-state index contributed by atoms with van der Waals surface area (Å²) in [4.78, 5) is 4.20. The average molecular weight is 334 g/mol. The number of pyridine rings is 1. The highest BCUT2D eigenvalue weighted by Gasteiger charge is 2.19. The zero-order valence-electron chi connectivity index (χ0n) is 11.2. The van der Waals surface area contributed by atoms with Gasteiger partial charge < -0.3 is 5.73 Å². The van der Waals surface area contributed by atoms with E-state index >= 15 is 0 Å². The van der Waals surface area contributed by atoms with Crippen LogP contribution < -0.4 is 5.73 Å². The fraction of sp³-hybridized carbons (Fsp3) is 0.385. The van der Waals surface area contributed by atoms with E-state index in [9.17, 15) is 0 Å². The Morgan fingerprint density at radius 3 is 2.60 bits per heavy atom. The lowest BCUT2D eigenvalue weighted by Gasteiger charge is -2.13. The van der Waals surface area contributed by atoms with E-state index in [-0.39, 0.29) is 6.04 Å². The molecule has 1 unspecified atom stereocenters. The van der Waals surface area contributed by atoms with Crippen LogP contribution in [0, 0.1) is 0 Å². The summed E-state index contributed by atoms with van der Waals surface area (Å²) in [6.07, 6.45) is 2.82. The molecule has 0 bridgehead atoms. The Kier molecular flexibility index (Phi) is 4.91. The molecule has 0 amide bonds. The van der Waals surface area contributed by atoms with Crippen molar-refractivity contribution in [3.05, 3.63) is 44.4 Å². The van der Waals surface area contributed by atoms with Gasteiger partial charge >= 0.3 is 0 Å². The predicted molar refractivity (Wildman–Crippen MR) is 82.5 cm³/mol. The minimum Gasteiger partial charge on any atom is -0.322 e. The monoisotopic (exact) mass is 332 g/mol. The van der Waals surface area contributed by atoms with Crippen LogP contribution >= 0.6 is 34.8 Å². The van der Waals surface area contributed by atoms with Crippen molar-refractivity contribution in [2.24, 2.45) is 12.8 Å². The molecule has 1 atom stereocenters. The second-order valence-corrected chi connectivity index (χ2v) is 5.74. The Balaban J connectivity index is 2.27. The van der Waals surface area contributed by atoms with Crippen LogP contribution in [0.15, 0.2) is 12.3 Å². The topological polar surface area (TPSA) is 56.7 Å². The van der Waals surface area contributed by atoms with Gasteiger partial charge in [-0.05, 0) is 12.5 Å². The van der Waals surface area contributed by atoms with Gasteiger partial charge in [0.1, 0.15) is 0 Å². The van der Waals surface area contributed by atoms with E-state index < -0.39 is 0 Å². The second kappa shape index (κ2) is 6.31. The summed E-state index contributed by atoms with van der Waals surface area (Å²) in [6.45, 7) is 2.01. The summed E-state index contributed by atoms with van der Waals surface area (Å²) in [5.74, 6) is 0. The molecule has 108 valence electrons. The smallest absolute Gasteiger partial charge is 0.0850 e. The van der Waals surface area contributed by atoms with Gasteiger partial charge in [0, 0.05) is 19.7 Å². The average Bonchev–Trinajstić information content (AvgIpc) is 2.66. The molecular weight excluding hydrogens is 319 g/mol. The third-order valence-electron chi connectivity index (χ3n) is 3.10. The lowest BCUT2D eigenvalue weighted by Crippen LogP contribution is -2.17. The largest absolute Gasteiger partial charge is 0.322 e. The normalized spacial score (nSPS) is 12.7. The van der Waals surface area contributed by atoms with Crippen molar-refractivity contribution in [1.29, 1.82) is 0 Å². The molecule has 20 heavy (non-hydrogen) atoms. The van der Waals surface area contributed by atoms with Crippen molar-refractivity contribution in [3.63, 3.8) is 0 Å². The summed E-state index contributed by atoms with van der Waals surface area (Å²) < 4.78 is 1.75. The van der Waals surface area contributed by atoms with Crippen molar-refractivity contribution in [3.8, 4) is 0 Å². The van der Waals surface area contributed by atoms with Crippen LogP contribution in [0.4, 0.5) is 0 Å². The lowest BCUT2D eigenvalue weighted by atomic mass is 10.1. The molecule has 0 aromatic carbocycles. The van der Waals surface area contributed by atoms with Crippen molar-refractivity contribution < 1.29 is 0 Å². The lowest BCUT2D eigenvalue weighted by molar-refractivity contribution is 0.627. The number of aryl methyl sites for hydroxylation is 2. The Morgan fingerprint density at radius 2 is 2.05 bits per heavy atom. The molecule has 0 aliphatic heterocycles. The van der Waals surface area contributed by atoms with Gasteiger partial charge in [0.2, 0.25) is 0 Å². The van der Waals surface area contributed by atoms with Crippen molar-refractivity contribution in [2.45, 2.75) is 25.8 Å². The first-order chi connectivity index (χ1) is 9.43. The first-order valence-corrected chi connectivity index (χ1v) is 7.34. The van der Waals surface area contributed by atoms with E-state index in [0.717, 1.165) is 17.8 Å². The minimum absolute atomic E-state index is 0.364. The highest BCUT2D eigenvalue weighted by molar-refractivity contribution is 6.34. The summed E-state index contributed by atoms with van der Waals surface area (Å²) >= 11 is 18.3. The second-order valence-electron chi connectivity index (χ2n) is 4.52. The van der Waals surface area contributed by atoms with Gasteiger partial charge in [-0.2, -0.15) is 5.10 Å². The van der Waals surface area contributed by atoms with E-state index in [0.29, 0.717) is 27.2 Å². The number of rotatable bonds is 4. The van der Waals surface area contributed by atoms with Gasteiger partial charge in [0.15, 0.2) is 0 Å². The van der Waals surface area contributed by atoms with Crippen molar-refractivity contribution >= 4 is 34.8 Å². The molecule has 0 spiro atoms. The maximum Gasteiger partial charge on any atom is 0.0850 e. The molecule has 4 nitrogen and oxygen atoms in total. The first kappa shape index (κ1) is 15.6. The number of aromatic nitrogens is 3. The molecule has 2 aromatic heterocycles. The fourth-order valence-corrected chi connectivity index (χ4v) is 2.94. The predicted octanol–water partition coefficient (Wildman–Crippen LogP) is 3.58. The van der Waals surface area contributed by atoms with E-state index in [1.165, 1.54) is 6.20 Å². The minimum atomic E-state index is -0.364.